The maximum atomic E-state index is 12.0. The van der Waals surface area contributed by atoms with Gasteiger partial charge in [0, 0.05) is 45.5 Å². The van der Waals surface area contributed by atoms with Gasteiger partial charge in [0.1, 0.15) is 71.5 Å². The van der Waals surface area contributed by atoms with Crippen LogP contribution in [0.4, 0.5) is 16.2 Å². The van der Waals surface area contributed by atoms with Crippen molar-refractivity contribution in [2.24, 2.45) is 4.99 Å². The number of amides is 3. The molecule has 0 bridgehead atoms. The Morgan fingerprint density at radius 2 is 0.733 bits per heavy atom. The van der Waals surface area contributed by atoms with Gasteiger partial charge in [0.25, 0.3) is 17.3 Å². The number of Topliss-reactive ketones (excluding diaryl/α,β-unsaturated/α-hetero) is 4. The lowest BCUT2D eigenvalue weighted by atomic mass is 10.0. The molecule has 7 aromatic rings. The van der Waals surface area contributed by atoms with E-state index in [1.807, 2.05) is 66.8 Å². The first kappa shape index (κ1) is 104. The average Bonchev–Trinajstić information content (AvgIpc) is 1.62. The standard InChI is InChI=1S/C19H13Cl2N3O6.C13H10Cl2O4.C13H10Cl2O3.C12H7Cl3O3.C12H8Cl2O3.C10H6Cl2O2.C7H4Cl2N2O4/c20-17-16(30-19(25)18(17)21)9-14(11-4-2-1-3-5-11)22-10-12-6-7-13(23(26)27)8-15(12)24(28)29;1-18-8-4-2-7(3-5-8)9(16)6-10-11(14)12(15)13(17)19-10;1-7-2-4-8(5-3-7)9(16)6-10-11(14)12(15)13(17)18-10;13-7-3-1-6(2-4-7)8(16)5-9-10(14)11(15)12(17)18-9;13-10-9(17-12(16)11(10)14)6-8(15)7-4-2-1-3-5-7;11-7-8(12)10(13)14-9(7)6-4-2-1-3-5-6;8-1-2(9)6(13)15-4(1)3-5(12)11-7(14)10-3/h1-8,16H,9-10H2;2-5,10H,6H2,1H3;2-5,10H,6H2,1H3;1-4,9H,5H2;1-5,9H,6H2;1-5,9H;3-4H,(H2,10,11,12,14). The fourth-order valence-electron chi connectivity index (χ4n) is 11.7. The largest absolute Gasteiger partial charge is 0.497 e. The fraction of sp³-hybridized carbons (Fsp3) is 0.186. The summed E-state index contributed by atoms with van der Waals surface area (Å²) in [6, 6.07) is 48.8. The molecule has 1 saturated heterocycles. The van der Waals surface area contributed by atoms with Crippen LogP contribution >= 0.6 is 174 Å². The van der Waals surface area contributed by atoms with Crippen LogP contribution in [0.25, 0.3) is 0 Å². The SMILES string of the molecule is COc1ccc(C(=O)CC2OC(=O)C(Cl)=C2Cl)cc1.Cc1ccc(C(=O)CC2OC(=O)C(Cl)=C2Cl)cc1.O=C1NC(=O)C(C2OC(=O)C(Cl)=C2Cl)N1.O=C1OC(CC(=NCc2ccc([N+](=O)[O-])cc2[N+](=O)[O-])c2ccccc2)C(Cl)=C1Cl.O=C1OC(CC(=O)c2ccc(Cl)cc2)C(Cl)=C1Cl.O=C1OC(CC(=O)c2ccccc2)C(Cl)=C1Cl.O=C1OC(c2ccccc2)C(Cl)=C1Cl. The predicted octanol–water partition coefficient (Wildman–Crippen LogP) is 19.7. The molecule has 8 aliphatic rings. The van der Waals surface area contributed by atoms with Crippen LogP contribution in [0.3, 0.4) is 0 Å². The molecule has 8 heterocycles. The molecule has 8 aliphatic heterocycles. The van der Waals surface area contributed by atoms with Gasteiger partial charge < -0.3 is 43.2 Å². The number of cyclic esters (lactones) is 7. The first-order valence-electron chi connectivity index (χ1n) is 37.2. The molecule has 0 spiro atoms. The van der Waals surface area contributed by atoms with E-state index in [-0.39, 0.29) is 143 Å². The summed E-state index contributed by atoms with van der Waals surface area (Å²) in [6.45, 7) is 1.82. The number of esters is 7. The number of non-ortho nitro benzene ring substituents is 1. The summed E-state index contributed by atoms with van der Waals surface area (Å²) < 4.78 is 39.4. The molecule has 15 rings (SSSR count). The lowest BCUT2D eigenvalue weighted by molar-refractivity contribution is -0.394. The molecule has 2 N–H and O–H groups in total. The number of aliphatic imine (C=N–C) groups is 1. The summed E-state index contributed by atoms with van der Waals surface area (Å²) >= 11 is 86.0. The number of ketones is 4. The van der Waals surface area contributed by atoms with Crippen molar-refractivity contribution in [3.05, 3.63) is 322 Å². The van der Waals surface area contributed by atoms with Crippen LogP contribution in [-0.2, 0) is 78.1 Å². The van der Waals surface area contributed by atoms with E-state index in [4.69, 9.17) is 212 Å². The van der Waals surface area contributed by atoms with Gasteiger partial charge in [0.15, 0.2) is 41.4 Å². The number of imide groups is 1. The van der Waals surface area contributed by atoms with Crippen molar-refractivity contribution < 1.29 is 110 Å². The Balaban J connectivity index is 0.000000175. The van der Waals surface area contributed by atoms with Crippen molar-refractivity contribution >= 4 is 268 Å². The van der Waals surface area contributed by atoms with Crippen molar-refractivity contribution in [3.8, 4) is 5.75 Å². The number of carbonyl (C=O) groups is 13. The summed E-state index contributed by atoms with van der Waals surface area (Å²) in [5, 5.41) is 26.5. The Morgan fingerprint density at radius 1 is 0.389 bits per heavy atom. The number of hydrogen-bond donors (Lipinski definition) is 2. The van der Waals surface area contributed by atoms with Gasteiger partial charge in [-0.15, -0.1) is 0 Å². The van der Waals surface area contributed by atoms with Crippen LogP contribution < -0.4 is 15.4 Å². The molecule has 131 heavy (non-hydrogen) atoms. The highest BCUT2D eigenvalue weighted by molar-refractivity contribution is 6.52. The number of hydrogen-bond acceptors (Lipinski definition) is 26. The highest BCUT2D eigenvalue weighted by Gasteiger charge is 2.46. The Labute approximate surface area is 816 Å². The van der Waals surface area contributed by atoms with Crippen LogP contribution in [0.5, 0.6) is 5.75 Å². The molecule has 0 aromatic heterocycles. The zero-order valence-electron chi connectivity index (χ0n) is 66.4. The summed E-state index contributed by atoms with van der Waals surface area (Å²) in [4.78, 5) is 173. The van der Waals surface area contributed by atoms with Crippen molar-refractivity contribution in [2.45, 2.75) is 94.3 Å². The zero-order chi connectivity index (χ0) is 96.1. The zero-order valence-corrected chi connectivity index (χ0v) is 77.7. The average molecular weight is 2090 g/mol. The molecule has 8 atom stereocenters. The summed E-state index contributed by atoms with van der Waals surface area (Å²) in [5.74, 6) is -5.48. The molecule has 0 saturated carbocycles. The molecule has 0 aliphatic carbocycles. The molecule has 7 aromatic carbocycles. The van der Waals surface area contributed by atoms with E-state index in [9.17, 15) is 82.6 Å². The number of nitro benzene ring substituents is 2. The number of urea groups is 1. The second-order valence-corrected chi connectivity index (χ2v) is 33.1. The molecule has 682 valence electrons. The molecular formula is C86H58Cl15N5O25. The minimum Gasteiger partial charge on any atom is -0.497 e. The van der Waals surface area contributed by atoms with Gasteiger partial charge in [-0.25, -0.2) is 38.4 Å². The minimum atomic E-state index is -1.04. The lowest BCUT2D eigenvalue weighted by Crippen LogP contribution is -2.41. The summed E-state index contributed by atoms with van der Waals surface area (Å²) in [6.07, 6.45) is -5.49. The molecule has 0 radical (unpaired) electrons. The van der Waals surface area contributed by atoms with Gasteiger partial charge in [-0.1, -0.05) is 295 Å². The first-order valence-corrected chi connectivity index (χ1v) is 42.9. The van der Waals surface area contributed by atoms with Crippen molar-refractivity contribution in [1.29, 1.82) is 0 Å². The maximum absolute atomic E-state index is 12.0. The lowest BCUT2D eigenvalue weighted by Gasteiger charge is -2.14. The number of nitrogens with one attached hydrogen (secondary N) is 2. The number of nitrogens with zero attached hydrogens (tertiary/aromatic N) is 3. The number of carbonyl (C=O) groups excluding carboxylic acids is 13. The number of methoxy groups -OCH3 is 1. The number of aryl methyl sites for hydroxylation is 1. The highest BCUT2D eigenvalue weighted by Crippen LogP contribution is 2.41. The van der Waals surface area contributed by atoms with Crippen LogP contribution in [0.1, 0.15) is 102 Å². The Morgan fingerprint density at radius 3 is 1.07 bits per heavy atom. The van der Waals surface area contributed by atoms with E-state index in [1.165, 1.54) is 12.1 Å². The quantitative estimate of drug-likeness (QED) is 0.0121. The van der Waals surface area contributed by atoms with Gasteiger partial charge in [0.2, 0.25) is 0 Å². The normalized spacial score (nSPS) is 20.0. The smallest absolute Gasteiger partial charge is 0.352 e. The second-order valence-electron chi connectivity index (χ2n) is 27.2. The number of nitro groups is 2. The fourth-order valence-corrected chi connectivity index (χ4v) is 14.5. The Bertz CT molecular complexity index is 5900. The van der Waals surface area contributed by atoms with Crippen LogP contribution in [0.2, 0.25) is 5.02 Å². The van der Waals surface area contributed by atoms with E-state index in [0.717, 1.165) is 17.2 Å². The molecule has 45 heteroatoms. The molecule has 1 fully saturated rings. The van der Waals surface area contributed by atoms with Crippen LogP contribution in [0.15, 0.2) is 257 Å². The summed E-state index contributed by atoms with van der Waals surface area (Å²) in [5.41, 5.74) is 4.54. The second kappa shape index (κ2) is 48.1. The van der Waals surface area contributed by atoms with E-state index < -0.39 is 118 Å². The molecular weight excluding hydrogens is 2030 g/mol. The first-order chi connectivity index (χ1) is 62.1. The number of benzene rings is 7. The van der Waals surface area contributed by atoms with Gasteiger partial charge in [-0.2, -0.15) is 0 Å². The topological polar surface area (TPSA) is 418 Å². The van der Waals surface area contributed by atoms with E-state index in [1.54, 1.807) is 116 Å². The molecule has 8 unspecified atom stereocenters. The Hall–Kier alpha value is -10.8. The van der Waals surface area contributed by atoms with E-state index in [2.05, 4.69) is 10.3 Å². The summed E-state index contributed by atoms with van der Waals surface area (Å²) in [7, 11) is 1.54. The Kier molecular flexibility index (Phi) is 38.1. The minimum absolute atomic E-state index is 0.00382. The number of halogens is 15. The van der Waals surface area contributed by atoms with E-state index >= 15 is 0 Å². The van der Waals surface area contributed by atoms with E-state index in [0.29, 0.717) is 44.3 Å². The molecule has 3 amide bonds. The monoisotopic (exact) mass is 2080 g/mol. The van der Waals surface area contributed by atoms with Crippen LogP contribution in [0, 0.1) is 27.2 Å². The number of rotatable bonds is 22. The number of ether oxygens (including phenoxy) is 8. The highest BCUT2D eigenvalue weighted by atomic mass is 35.5. The third-order valence-corrected chi connectivity index (χ3v) is 24.9. The van der Waals surface area contributed by atoms with Gasteiger partial charge in [0.05, 0.1) is 96.0 Å². The third kappa shape index (κ3) is 27.7. The van der Waals surface area contributed by atoms with Crippen LogP contribution in [-0.4, -0.2) is 142 Å². The van der Waals surface area contributed by atoms with Crippen molar-refractivity contribution in [3.63, 3.8) is 0 Å². The third-order valence-electron chi connectivity index (χ3n) is 18.5. The van der Waals surface area contributed by atoms with Gasteiger partial charge in [-0.05, 0) is 72.6 Å². The van der Waals surface area contributed by atoms with Crippen molar-refractivity contribution in [2.75, 3.05) is 7.11 Å². The predicted molar refractivity (Wildman–Crippen MR) is 485 cm³/mol. The molecule has 30 nitrogen and oxygen atoms in total. The van der Waals surface area contributed by atoms with Gasteiger partial charge in [-0.3, -0.25) is 54.5 Å². The van der Waals surface area contributed by atoms with Gasteiger partial charge >= 0.3 is 47.8 Å². The maximum Gasteiger partial charge on any atom is 0.352 e. The van der Waals surface area contributed by atoms with Crippen molar-refractivity contribution in [1.82, 2.24) is 10.6 Å².